The van der Waals surface area contributed by atoms with Crippen LogP contribution in [0.2, 0.25) is 0 Å². The van der Waals surface area contributed by atoms with Crippen molar-refractivity contribution >= 4 is 11.7 Å². The van der Waals surface area contributed by atoms with Gasteiger partial charge in [0.05, 0.1) is 6.54 Å². The van der Waals surface area contributed by atoms with E-state index in [2.05, 4.69) is 53.4 Å². The fraction of sp³-hybridized carbons (Fsp3) is 0.360. The molecule has 1 saturated heterocycles. The Morgan fingerprint density at radius 2 is 1.80 bits per heavy atom. The maximum Gasteiger partial charge on any atom is 0.256 e. The number of hydrogen-bond acceptors (Lipinski definition) is 3. The minimum atomic E-state index is -0.116. The van der Waals surface area contributed by atoms with E-state index >= 15 is 0 Å². The zero-order valence-corrected chi connectivity index (χ0v) is 18.1. The van der Waals surface area contributed by atoms with Crippen LogP contribution in [-0.2, 0) is 13.1 Å². The number of amides is 1. The molecule has 2 heterocycles. The van der Waals surface area contributed by atoms with Gasteiger partial charge < -0.3 is 5.32 Å². The van der Waals surface area contributed by atoms with Crippen molar-refractivity contribution in [1.29, 1.82) is 0 Å². The van der Waals surface area contributed by atoms with E-state index in [4.69, 9.17) is 0 Å². The lowest BCUT2D eigenvalue weighted by molar-refractivity contribution is 0.102. The molecular formula is C25H30N4O. The second-order valence-corrected chi connectivity index (χ2v) is 8.40. The van der Waals surface area contributed by atoms with Crippen LogP contribution in [-0.4, -0.2) is 33.7 Å². The zero-order chi connectivity index (χ0) is 21.1. The molecule has 0 unspecified atom stereocenters. The molecule has 2 aromatic carbocycles. The number of hydrogen-bond donors (Lipinski definition) is 1. The van der Waals surface area contributed by atoms with Crippen molar-refractivity contribution in [3.63, 3.8) is 0 Å². The largest absolute Gasteiger partial charge is 0.305 e. The minimum absolute atomic E-state index is 0.116. The number of aryl methyl sites for hydroxylation is 3. The van der Waals surface area contributed by atoms with Gasteiger partial charge in [-0.15, -0.1) is 0 Å². The van der Waals surface area contributed by atoms with Gasteiger partial charge in [0.15, 0.2) is 5.82 Å². The lowest BCUT2D eigenvalue weighted by Gasteiger charge is -2.15. The van der Waals surface area contributed by atoms with E-state index in [1.54, 1.807) is 0 Å². The average molecular weight is 403 g/mol. The third kappa shape index (κ3) is 4.79. The highest BCUT2D eigenvalue weighted by atomic mass is 16.1. The molecule has 0 spiro atoms. The first-order valence-corrected chi connectivity index (χ1v) is 10.7. The van der Waals surface area contributed by atoms with Crippen LogP contribution in [0, 0.1) is 20.8 Å². The maximum absolute atomic E-state index is 12.8. The summed E-state index contributed by atoms with van der Waals surface area (Å²) >= 11 is 0. The highest BCUT2D eigenvalue weighted by molar-refractivity contribution is 6.03. The molecule has 1 fully saturated rings. The predicted molar refractivity (Wildman–Crippen MR) is 121 cm³/mol. The fourth-order valence-electron chi connectivity index (χ4n) is 4.06. The number of nitrogens with one attached hydrogen (secondary N) is 1. The molecule has 1 aromatic heterocycles. The third-order valence-electron chi connectivity index (χ3n) is 5.84. The fourth-order valence-corrected chi connectivity index (χ4v) is 4.06. The van der Waals surface area contributed by atoms with Crippen molar-refractivity contribution in [1.82, 2.24) is 14.7 Å². The van der Waals surface area contributed by atoms with Crippen molar-refractivity contribution < 1.29 is 4.79 Å². The molecule has 1 amide bonds. The Hall–Kier alpha value is -2.92. The zero-order valence-electron chi connectivity index (χ0n) is 18.1. The average Bonchev–Trinajstić information content (AvgIpc) is 3.35. The molecule has 0 bridgehead atoms. The lowest BCUT2D eigenvalue weighted by atomic mass is 10.1. The van der Waals surface area contributed by atoms with E-state index in [0.717, 1.165) is 25.3 Å². The lowest BCUT2D eigenvalue weighted by Crippen LogP contribution is -2.19. The first-order chi connectivity index (χ1) is 14.5. The van der Waals surface area contributed by atoms with Gasteiger partial charge in [-0.1, -0.05) is 35.9 Å². The summed E-state index contributed by atoms with van der Waals surface area (Å²) in [5.74, 6) is 0.474. The molecule has 5 heteroatoms. The van der Waals surface area contributed by atoms with Crippen LogP contribution in [0.3, 0.4) is 0 Å². The first kappa shape index (κ1) is 20.4. The van der Waals surface area contributed by atoms with E-state index < -0.39 is 0 Å². The standard InChI is InChI=1S/C25H30N4O/c1-18-9-10-19(2)23(13-18)17-29-20(3)14-24(27-29)26-25(30)22-8-6-7-21(15-22)16-28-11-4-5-12-28/h6-10,13-15H,4-5,11-12,16-17H2,1-3H3,(H,26,27,30). The smallest absolute Gasteiger partial charge is 0.256 e. The summed E-state index contributed by atoms with van der Waals surface area (Å²) in [4.78, 5) is 15.2. The van der Waals surface area contributed by atoms with Crippen molar-refractivity contribution in [2.45, 2.75) is 46.7 Å². The van der Waals surface area contributed by atoms with Gasteiger partial charge in [-0.3, -0.25) is 14.4 Å². The molecule has 3 aromatic rings. The maximum atomic E-state index is 12.8. The molecule has 1 N–H and O–H groups in total. The van der Waals surface area contributed by atoms with E-state index in [9.17, 15) is 4.79 Å². The number of likely N-dealkylation sites (tertiary alicyclic amines) is 1. The molecule has 1 aliphatic rings. The second-order valence-electron chi connectivity index (χ2n) is 8.40. The first-order valence-electron chi connectivity index (χ1n) is 10.7. The van der Waals surface area contributed by atoms with Crippen LogP contribution in [0.25, 0.3) is 0 Å². The summed E-state index contributed by atoms with van der Waals surface area (Å²) in [7, 11) is 0. The van der Waals surface area contributed by atoms with Crippen molar-refractivity contribution in [3.8, 4) is 0 Å². The molecule has 1 aliphatic heterocycles. The predicted octanol–water partition coefficient (Wildman–Crippen LogP) is 4.70. The van der Waals surface area contributed by atoms with Crippen LogP contribution in [0.4, 0.5) is 5.82 Å². The minimum Gasteiger partial charge on any atom is -0.305 e. The molecule has 0 radical (unpaired) electrons. The van der Waals surface area contributed by atoms with E-state index in [-0.39, 0.29) is 5.91 Å². The van der Waals surface area contributed by atoms with Crippen molar-refractivity contribution in [2.75, 3.05) is 18.4 Å². The monoisotopic (exact) mass is 402 g/mol. The molecule has 5 nitrogen and oxygen atoms in total. The molecule has 0 atom stereocenters. The Bertz CT molecular complexity index is 1050. The molecule has 156 valence electrons. The topological polar surface area (TPSA) is 50.2 Å². The van der Waals surface area contributed by atoms with Gasteiger partial charge >= 0.3 is 0 Å². The number of carbonyl (C=O) groups is 1. The van der Waals surface area contributed by atoms with Gasteiger partial charge in [-0.2, -0.15) is 5.10 Å². The van der Waals surface area contributed by atoms with Gasteiger partial charge in [0.2, 0.25) is 0 Å². The number of nitrogens with zero attached hydrogens (tertiary/aromatic N) is 3. The van der Waals surface area contributed by atoms with Crippen LogP contribution in [0.5, 0.6) is 0 Å². The van der Waals surface area contributed by atoms with Crippen LogP contribution < -0.4 is 5.32 Å². The Balaban J connectivity index is 1.45. The summed E-state index contributed by atoms with van der Waals surface area (Å²) in [6, 6.07) is 16.3. The van der Waals surface area contributed by atoms with Gasteiger partial charge in [0.25, 0.3) is 5.91 Å². The number of benzene rings is 2. The summed E-state index contributed by atoms with van der Waals surface area (Å²) in [5.41, 5.74) is 6.61. The Morgan fingerprint density at radius 3 is 2.60 bits per heavy atom. The molecule has 0 saturated carbocycles. The third-order valence-corrected chi connectivity index (χ3v) is 5.84. The van der Waals surface area contributed by atoms with Crippen molar-refractivity contribution in [2.24, 2.45) is 0 Å². The number of aromatic nitrogens is 2. The Morgan fingerprint density at radius 1 is 1.00 bits per heavy atom. The number of anilines is 1. The van der Waals surface area contributed by atoms with Crippen molar-refractivity contribution in [3.05, 3.63) is 82.0 Å². The van der Waals surface area contributed by atoms with Gasteiger partial charge in [0, 0.05) is 23.9 Å². The van der Waals surface area contributed by atoms with Crippen LogP contribution in [0.1, 0.15) is 51.1 Å². The summed E-state index contributed by atoms with van der Waals surface area (Å²) < 4.78 is 1.95. The second kappa shape index (κ2) is 8.84. The van der Waals surface area contributed by atoms with E-state index in [1.165, 1.54) is 35.1 Å². The van der Waals surface area contributed by atoms with E-state index in [1.807, 2.05) is 35.9 Å². The molecule has 30 heavy (non-hydrogen) atoms. The molecular weight excluding hydrogens is 372 g/mol. The number of rotatable bonds is 6. The quantitative estimate of drug-likeness (QED) is 0.650. The Kier molecular flexibility index (Phi) is 6.00. The SMILES string of the molecule is Cc1ccc(C)c(Cn2nc(NC(=O)c3cccc(CN4CCCC4)c3)cc2C)c1. The van der Waals surface area contributed by atoms with Gasteiger partial charge in [-0.25, -0.2) is 0 Å². The van der Waals surface area contributed by atoms with Crippen LogP contribution in [0.15, 0.2) is 48.5 Å². The van der Waals surface area contributed by atoms with Gasteiger partial charge in [-0.05, 0) is 75.5 Å². The number of carbonyl (C=O) groups excluding carboxylic acids is 1. The molecule has 0 aliphatic carbocycles. The van der Waals surface area contributed by atoms with Crippen LogP contribution >= 0.6 is 0 Å². The summed E-state index contributed by atoms with van der Waals surface area (Å²) in [5, 5.41) is 7.59. The molecule has 4 rings (SSSR count). The van der Waals surface area contributed by atoms with Gasteiger partial charge in [0.1, 0.15) is 0 Å². The summed E-state index contributed by atoms with van der Waals surface area (Å²) in [6.45, 7) is 10.1. The highest BCUT2D eigenvalue weighted by Crippen LogP contribution is 2.17. The normalized spacial score (nSPS) is 14.2. The Labute approximate surface area is 178 Å². The summed E-state index contributed by atoms with van der Waals surface area (Å²) in [6.07, 6.45) is 2.54. The van der Waals surface area contributed by atoms with E-state index in [0.29, 0.717) is 17.9 Å². The highest BCUT2D eigenvalue weighted by Gasteiger charge is 2.14.